The fourth-order valence-electron chi connectivity index (χ4n) is 3.14. The van der Waals surface area contributed by atoms with Crippen LogP contribution in [0.3, 0.4) is 0 Å². The third-order valence-corrected chi connectivity index (χ3v) is 4.18. The van der Waals surface area contributed by atoms with Gasteiger partial charge in [0.1, 0.15) is 0 Å². The molecule has 1 aromatic carbocycles. The first-order chi connectivity index (χ1) is 9.72. The molecule has 1 aromatic heterocycles. The van der Waals surface area contributed by atoms with E-state index in [-0.39, 0.29) is 0 Å². The molecule has 3 nitrogen and oxygen atoms in total. The molecule has 0 saturated heterocycles. The van der Waals surface area contributed by atoms with Gasteiger partial charge in [-0.1, -0.05) is 25.7 Å². The maximum absolute atomic E-state index is 5.93. The average Bonchev–Trinajstić information content (AvgIpc) is 2.68. The Hall–Kier alpha value is -1.77. The Morgan fingerprint density at radius 2 is 1.85 bits per heavy atom. The van der Waals surface area contributed by atoms with Crippen molar-refractivity contribution < 1.29 is 0 Å². The molecule has 1 aliphatic carbocycles. The molecule has 3 rings (SSSR count). The van der Waals surface area contributed by atoms with Crippen molar-refractivity contribution in [3.63, 3.8) is 0 Å². The molecule has 0 amide bonds. The van der Waals surface area contributed by atoms with Gasteiger partial charge < -0.3 is 11.1 Å². The third-order valence-electron chi connectivity index (χ3n) is 4.18. The number of pyridine rings is 1. The predicted molar refractivity (Wildman–Crippen MR) is 86.0 cm³/mol. The zero-order valence-corrected chi connectivity index (χ0v) is 12.2. The van der Waals surface area contributed by atoms with Crippen molar-refractivity contribution in [2.24, 2.45) is 0 Å². The summed E-state index contributed by atoms with van der Waals surface area (Å²) in [5.74, 6) is 0. The number of nitrogens with zero attached hydrogens (tertiary/aromatic N) is 1. The van der Waals surface area contributed by atoms with Crippen molar-refractivity contribution >= 4 is 22.3 Å². The Balaban J connectivity index is 1.94. The molecule has 3 N–H and O–H groups in total. The second-order valence-corrected chi connectivity index (χ2v) is 5.92. The molecule has 0 unspecified atom stereocenters. The summed E-state index contributed by atoms with van der Waals surface area (Å²) in [4.78, 5) is 4.59. The summed E-state index contributed by atoms with van der Waals surface area (Å²) in [7, 11) is 0. The number of aromatic nitrogens is 1. The molecule has 106 valence electrons. The van der Waals surface area contributed by atoms with Gasteiger partial charge in [0.15, 0.2) is 0 Å². The van der Waals surface area contributed by atoms with Crippen LogP contribution in [0, 0.1) is 6.92 Å². The summed E-state index contributed by atoms with van der Waals surface area (Å²) in [6.45, 7) is 2.05. The summed E-state index contributed by atoms with van der Waals surface area (Å²) in [6.07, 6.45) is 7.96. The van der Waals surface area contributed by atoms with E-state index < -0.39 is 0 Å². The Kier molecular flexibility index (Phi) is 3.77. The first kappa shape index (κ1) is 13.2. The van der Waals surface area contributed by atoms with Crippen LogP contribution in [0.1, 0.15) is 44.2 Å². The molecule has 1 fully saturated rings. The molecule has 0 bridgehead atoms. The molecule has 1 heterocycles. The van der Waals surface area contributed by atoms with Gasteiger partial charge in [-0.2, -0.15) is 0 Å². The number of fused-ring (bicyclic) bond motifs is 1. The van der Waals surface area contributed by atoms with Crippen molar-refractivity contribution in [2.75, 3.05) is 11.1 Å². The number of hydrogen-bond acceptors (Lipinski definition) is 3. The average molecular weight is 269 g/mol. The number of nitrogen functional groups attached to an aromatic ring is 1. The zero-order chi connectivity index (χ0) is 13.9. The van der Waals surface area contributed by atoms with Crippen LogP contribution in [-0.2, 0) is 0 Å². The summed E-state index contributed by atoms with van der Waals surface area (Å²) < 4.78 is 0. The SMILES string of the molecule is Cc1cc(NC2CCCCCC2)c2cc(N)ccc2n1. The fraction of sp³-hybridized carbons (Fsp3) is 0.471. The van der Waals surface area contributed by atoms with Gasteiger partial charge in [-0.25, -0.2) is 0 Å². The molecule has 20 heavy (non-hydrogen) atoms. The van der Waals surface area contributed by atoms with Crippen LogP contribution in [0.15, 0.2) is 24.3 Å². The van der Waals surface area contributed by atoms with Gasteiger partial charge in [0, 0.05) is 28.5 Å². The maximum Gasteiger partial charge on any atom is 0.0727 e. The number of nitrogens with two attached hydrogens (primary N) is 1. The van der Waals surface area contributed by atoms with Crippen molar-refractivity contribution in [1.29, 1.82) is 0 Å². The van der Waals surface area contributed by atoms with E-state index in [0.717, 1.165) is 22.3 Å². The van der Waals surface area contributed by atoms with Crippen molar-refractivity contribution in [3.8, 4) is 0 Å². The highest BCUT2D eigenvalue weighted by Gasteiger charge is 2.13. The Labute approximate surface area is 120 Å². The van der Waals surface area contributed by atoms with Crippen LogP contribution in [0.4, 0.5) is 11.4 Å². The van der Waals surface area contributed by atoms with Gasteiger partial charge in [0.05, 0.1) is 5.52 Å². The topological polar surface area (TPSA) is 50.9 Å². The lowest BCUT2D eigenvalue weighted by Gasteiger charge is -2.19. The van der Waals surface area contributed by atoms with E-state index in [1.165, 1.54) is 44.2 Å². The van der Waals surface area contributed by atoms with Crippen molar-refractivity contribution in [2.45, 2.75) is 51.5 Å². The molecule has 0 spiro atoms. The molecular weight excluding hydrogens is 246 g/mol. The second-order valence-electron chi connectivity index (χ2n) is 5.92. The first-order valence-electron chi connectivity index (χ1n) is 7.66. The lowest BCUT2D eigenvalue weighted by Crippen LogP contribution is -2.18. The van der Waals surface area contributed by atoms with Gasteiger partial charge in [0.2, 0.25) is 0 Å². The quantitative estimate of drug-likeness (QED) is 0.632. The van der Waals surface area contributed by atoms with Crippen LogP contribution < -0.4 is 11.1 Å². The van der Waals surface area contributed by atoms with Gasteiger partial charge in [-0.15, -0.1) is 0 Å². The maximum atomic E-state index is 5.93. The number of benzene rings is 1. The first-order valence-corrected chi connectivity index (χ1v) is 7.66. The van der Waals surface area contributed by atoms with E-state index in [9.17, 15) is 0 Å². The molecular formula is C17H23N3. The van der Waals surface area contributed by atoms with E-state index in [2.05, 4.69) is 16.4 Å². The highest BCUT2D eigenvalue weighted by Crippen LogP contribution is 2.28. The lowest BCUT2D eigenvalue weighted by molar-refractivity contribution is 0.620. The molecule has 2 aromatic rings. The van der Waals surface area contributed by atoms with Gasteiger partial charge in [-0.05, 0) is 44.0 Å². The van der Waals surface area contributed by atoms with Crippen LogP contribution >= 0.6 is 0 Å². The second kappa shape index (κ2) is 5.70. The predicted octanol–water partition coefficient (Wildman–Crippen LogP) is 4.26. The summed E-state index contributed by atoms with van der Waals surface area (Å²) in [5.41, 5.74) is 10.00. The van der Waals surface area contributed by atoms with Gasteiger partial charge >= 0.3 is 0 Å². The Morgan fingerprint density at radius 3 is 2.60 bits per heavy atom. The van der Waals surface area contributed by atoms with Crippen molar-refractivity contribution in [1.82, 2.24) is 4.98 Å². The van der Waals surface area contributed by atoms with Gasteiger partial charge in [-0.3, -0.25) is 4.98 Å². The van der Waals surface area contributed by atoms with Crippen LogP contribution in [0.5, 0.6) is 0 Å². The summed E-state index contributed by atoms with van der Waals surface area (Å²) >= 11 is 0. The monoisotopic (exact) mass is 269 g/mol. The van der Waals surface area contributed by atoms with E-state index in [1.54, 1.807) is 0 Å². The van der Waals surface area contributed by atoms with Crippen LogP contribution in [0.2, 0.25) is 0 Å². The zero-order valence-electron chi connectivity index (χ0n) is 12.2. The number of hydrogen-bond donors (Lipinski definition) is 2. The number of rotatable bonds is 2. The van der Waals surface area contributed by atoms with E-state index in [0.29, 0.717) is 6.04 Å². The lowest BCUT2D eigenvalue weighted by atomic mass is 10.1. The highest BCUT2D eigenvalue weighted by atomic mass is 14.9. The fourth-order valence-corrected chi connectivity index (χ4v) is 3.14. The summed E-state index contributed by atoms with van der Waals surface area (Å²) in [6, 6.07) is 8.69. The van der Waals surface area contributed by atoms with Gasteiger partial charge in [0.25, 0.3) is 0 Å². The van der Waals surface area contributed by atoms with Crippen LogP contribution in [0.25, 0.3) is 10.9 Å². The molecule has 1 saturated carbocycles. The minimum absolute atomic E-state index is 0.587. The largest absolute Gasteiger partial charge is 0.399 e. The third kappa shape index (κ3) is 2.87. The Bertz CT molecular complexity index is 598. The van der Waals surface area contributed by atoms with Crippen LogP contribution in [-0.4, -0.2) is 11.0 Å². The van der Waals surface area contributed by atoms with E-state index in [4.69, 9.17) is 5.73 Å². The normalized spacial score (nSPS) is 17.1. The molecule has 0 aliphatic heterocycles. The minimum Gasteiger partial charge on any atom is -0.399 e. The van der Waals surface area contributed by atoms with E-state index in [1.807, 2.05) is 25.1 Å². The summed E-state index contributed by atoms with van der Waals surface area (Å²) in [5, 5.41) is 4.88. The Morgan fingerprint density at radius 1 is 1.10 bits per heavy atom. The minimum atomic E-state index is 0.587. The standard InChI is InChI=1S/C17H23N3/c1-12-10-17(20-14-6-4-2-3-5-7-14)15-11-13(18)8-9-16(15)19-12/h8-11,14H,2-7,18H2,1H3,(H,19,20). The molecule has 3 heteroatoms. The number of anilines is 2. The molecule has 1 aliphatic rings. The van der Waals surface area contributed by atoms with E-state index >= 15 is 0 Å². The number of aryl methyl sites for hydroxylation is 1. The highest BCUT2D eigenvalue weighted by molar-refractivity contribution is 5.93. The van der Waals surface area contributed by atoms with Crippen molar-refractivity contribution in [3.05, 3.63) is 30.0 Å². The molecule has 0 atom stereocenters. The number of nitrogens with one attached hydrogen (secondary N) is 1. The smallest absolute Gasteiger partial charge is 0.0727 e. The molecule has 0 radical (unpaired) electrons.